The molecule has 0 spiro atoms. The Labute approximate surface area is 136 Å². The Morgan fingerprint density at radius 3 is 2.83 bits per heavy atom. The molecule has 0 atom stereocenters. The van der Waals surface area contributed by atoms with E-state index in [1.54, 1.807) is 13.1 Å². The molecule has 0 N–H and O–H groups in total. The van der Waals surface area contributed by atoms with Crippen molar-refractivity contribution >= 4 is 22.2 Å². The second kappa shape index (κ2) is 5.74. The normalized spacial score (nSPS) is 16.3. The molecule has 8 nitrogen and oxygen atoms in total. The predicted octanol–water partition coefficient (Wildman–Crippen LogP) is 1.05. The van der Waals surface area contributed by atoms with Crippen LogP contribution in [-0.4, -0.2) is 61.4 Å². The number of nitrogens with zero attached hydrogens (tertiary/aromatic N) is 6. The molecule has 23 heavy (non-hydrogen) atoms. The van der Waals surface area contributed by atoms with Gasteiger partial charge in [0.1, 0.15) is 5.69 Å². The van der Waals surface area contributed by atoms with Gasteiger partial charge in [-0.25, -0.2) is 4.98 Å². The summed E-state index contributed by atoms with van der Waals surface area (Å²) in [4.78, 5) is 26.0. The minimum Gasteiger partial charge on any atom is -0.340 e. The second-order valence-corrected chi connectivity index (χ2v) is 6.39. The second-order valence-electron chi connectivity index (χ2n) is 5.52. The molecule has 1 amide bonds. The average molecular weight is 332 g/mol. The predicted molar refractivity (Wildman–Crippen MR) is 83.3 cm³/mol. The van der Waals surface area contributed by atoms with Crippen molar-refractivity contribution in [3.8, 4) is 0 Å². The lowest BCUT2D eigenvalue weighted by molar-refractivity contribution is 0.0619. The maximum Gasteiger partial charge on any atom is 0.274 e. The standard InChI is InChI=1S/C14H16N6O2S/c1-10-15-12(17-22-10)9-18-2-4-19(5-3-18)13(21)11-8-20-6-7-23-14(20)16-11/h6-8H,2-5,9H2,1H3. The number of amides is 1. The largest absolute Gasteiger partial charge is 0.340 e. The van der Waals surface area contributed by atoms with Gasteiger partial charge >= 0.3 is 0 Å². The maximum atomic E-state index is 12.5. The van der Waals surface area contributed by atoms with E-state index >= 15 is 0 Å². The third-order valence-electron chi connectivity index (χ3n) is 3.91. The van der Waals surface area contributed by atoms with Crippen molar-refractivity contribution in [3.05, 3.63) is 35.2 Å². The van der Waals surface area contributed by atoms with Gasteiger partial charge < -0.3 is 9.42 Å². The molecule has 3 aromatic heterocycles. The molecule has 1 fully saturated rings. The van der Waals surface area contributed by atoms with Crippen LogP contribution in [0.3, 0.4) is 0 Å². The van der Waals surface area contributed by atoms with E-state index in [9.17, 15) is 4.79 Å². The quantitative estimate of drug-likeness (QED) is 0.713. The van der Waals surface area contributed by atoms with Gasteiger partial charge in [0.2, 0.25) is 5.89 Å². The summed E-state index contributed by atoms with van der Waals surface area (Å²) in [7, 11) is 0. The fourth-order valence-electron chi connectivity index (χ4n) is 2.71. The molecule has 4 rings (SSSR count). The minimum atomic E-state index is -0.00374. The number of hydrogen-bond acceptors (Lipinski definition) is 7. The Morgan fingerprint density at radius 2 is 2.13 bits per heavy atom. The Hall–Kier alpha value is -2.26. The molecule has 0 radical (unpaired) electrons. The number of aromatic nitrogens is 4. The fourth-order valence-corrected chi connectivity index (χ4v) is 3.41. The first kappa shape index (κ1) is 14.3. The number of carbonyl (C=O) groups is 1. The highest BCUT2D eigenvalue weighted by atomic mass is 32.1. The lowest BCUT2D eigenvalue weighted by Gasteiger charge is -2.33. The lowest BCUT2D eigenvalue weighted by Crippen LogP contribution is -2.48. The Balaban J connectivity index is 1.37. The molecule has 1 aliphatic rings. The Bertz CT molecular complexity index is 801. The van der Waals surface area contributed by atoms with Crippen LogP contribution in [0.25, 0.3) is 4.96 Å². The van der Waals surface area contributed by atoms with Gasteiger partial charge in [0.15, 0.2) is 10.8 Å². The number of imidazole rings is 1. The molecule has 1 aliphatic heterocycles. The van der Waals surface area contributed by atoms with E-state index in [1.807, 2.05) is 20.9 Å². The molecular weight excluding hydrogens is 316 g/mol. The molecule has 0 aliphatic carbocycles. The third kappa shape index (κ3) is 2.84. The Kier molecular flexibility index (Phi) is 3.58. The number of carbonyl (C=O) groups excluding carboxylic acids is 1. The van der Waals surface area contributed by atoms with E-state index in [0.29, 0.717) is 37.0 Å². The molecule has 0 bridgehead atoms. The molecule has 0 saturated carbocycles. The van der Waals surface area contributed by atoms with Crippen LogP contribution in [0.2, 0.25) is 0 Å². The molecule has 0 unspecified atom stereocenters. The number of rotatable bonds is 3. The minimum absolute atomic E-state index is 0.00374. The summed E-state index contributed by atoms with van der Waals surface area (Å²) in [5, 5.41) is 5.86. The van der Waals surface area contributed by atoms with Crippen LogP contribution in [0.1, 0.15) is 22.2 Å². The van der Waals surface area contributed by atoms with Crippen LogP contribution >= 0.6 is 11.3 Å². The summed E-state index contributed by atoms with van der Waals surface area (Å²) in [6.45, 7) is 5.38. The van der Waals surface area contributed by atoms with E-state index in [0.717, 1.165) is 18.1 Å². The van der Waals surface area contributed by atoms with Crippen molar-refractivity contribution in [2.24, 2.45) is 0 Å². The lowest BCUT2D eigenvalue weighted by atomic mass is 10.3. The van der Waals surface area contributed by atoms with Gasteiger partial charge in [0.05, 0.1) is 6.54 Å². The van der Waals surface area contributed by atoms with Gasteiger partial charge in [-0.2, -0.15) is 4.98 Å². The topological polar surface area (TPSA) is 79.8 Å². The van der Waals surface area contributed by atoms with Crippen LogP contribution < -0.4 is 0 Å². The summed E-state index contributed by atoms with van der Waals surface area (Å²) in [6.07, 6.45) is 3.71. The van der Waals surface area contributed by atoms with Crippen LogP contribution in [0.5, 0.6) is 0 Å². The summed E-state index contributed by atoms with van der Waals surface area (Å²) < 4.78 is 6.86. The highest BCUT2D eigenvalue weighted by Gasteiger charge is 2.24. The zero-order chi connectivity index (χ0) is 15.8. The first-order valence-corrected chi connectivity index (χ1v) is 8.30. The van der Waals surface area contributed by atoms with Gasteiger partial charge in [-0.05, 0) is 0 Å². The average Bonchev–Trinajstić information content (AvgIpc) is 3.23. The van der Waals surface area contributed by atoms with Gasteiger partial charge in [-0.3, -0.25) is 14.1 Å². The molecular formula is C14H16N6O2S. The highest BCUT2D eigenvalue weighted by molar-refractivity contribution is 7.15. The zero-order valence-corrected chi connectivity index (χ0v) is 13.5. The Morgan fingerprint density at radius 1 is 1.30 bits per heavy atom. The van der Waals surface area contributed by atoms with Gasteiger partial charge in [0.25, 0.3) is 5.91 Å². The first-order chi connectivity index (χ1) is 11.2. The van der Waals surface area contributed by atoms with E-state index in [2.05, 4.69) is 20.0 Å². The van der Waals surface area contributed by atoms with Crippen molar-refractivity contribution in [1.82, 2.24) is 29.3 Å². The highest BCUT2D eigenvalue weighted by Crippen LogP contribution is 2.14. The smallest absolute Gasteiger partial charge is 0.274 e. The summed E-state index contributed by atoms with van der Waals surface area (Å²) in [5.41, 5.74) is 0.513. The number of hydrogen-bond donors (Lipinski definition) is 0. The van der Waals surface area contributed by atoms with Crippen molar-refractivity contribution in [3.63, 3.8) is 0 Å². The van der Waals surface area contributed by atoms with Crippen molar-refractivity contribution in [1.29, 1.82) is 0 Å². The number of fused-ring (bicyclic) bond motifs is 1. The molecule has 9 heteroatoms. The summed E-state index contributed by atoms with van der Waals surface area (Å²) >= 11 is 1.53. The number of thiazole rings is 1. The summed E-state index contributed by atoms with van der Waals surface area (Å²) in [5.74, 6) is 1.26. The fraction of sp³-hybridized carbons (Fsp3) is 0.429. The molecule has 0 aromatic carbocycles. The van der Waals surface area contributed by atoms with Crippen molar-refractivity contribution in [2.45, 2.75) is 13.5 Å². The molecule has 4 heterocycles. The van der Waals surface area contributed by atoms with Crippen LogP contribution in [-0.2, 0) is 6.54 Å². The van der Waals surface area contributed by atoms with Crippen LogP contribution in [0.4, 0.5) is 0 Å². The molecule has 1 saturated heterocycles. The van der Waals surface area contributed by atoms with E-state index in [4.69, 9.17) is 4.52 Å². The maximum absolute atomic E-state index is 12.5. The van der Waals surface area contributed by atoms with Crippen LogP contribution in [0.15, 0.2) is 22.3 Å². The molecule has 120 valence electrons. The van der Waals surface area contributed by atoms with Crippen molar-refractivity contribution in [2.75, 3.05) is 26.2 Å². The van der Waals surface area contributed by atoms with Crippen LogP contribution in [0, 0.1) is 6.92 Å². The van der Waals surface area contributed by atoms with E-state index < -0.39 is 0 Å². The van der Waals surface area contributed by atoms with E-state index in [-0.39, 0.29) is 5.91 Å². The molecule has 3 aromatic rings. The SMILES string of the molecule is Cc1nc(CN2CCN(C(=O)c3cn4ccsc4n3)CC2)no1. The van der Waals surface area contributed by atoms with Gasteiger partial charge in [-0.15, -0.1) is 11.3 Å². The first-order valence-electron chi connectivity index (χ1n) is 7.42. The number of piperazine rings is 1. The van der Waals surface area contributed by atoms with Gasteiger partial charge in [0, 0.05) is 50.9 Å². The monoisotopic (exact) mass is 332 g/mol. The zero-order valence-electron chi connectivity index (χ0n) is 12.7. The van der Waals surface area contributed by atoms with Crippen molar-refractivity contribution < 1.29 is 9.32 Å². The van der Waals surface area contributed by atoms with E-state index in [1.165, 1.54) is 11.3 Å². The third-order valence-corrected chi connectivity index (χ3v) is 4.68. The van der Waals surface area contributed by atoms with Gasteiger partial charge in [-0.1, -0.05) is 5.16 Å². The number of aryl methyl sites for hydroxylation is 1. The summed E-state index contributed by atoms with van der Waals surface area (Å²) in [6, 6.07) is 0.